The SMILES string of the molecule is C=CP(=O)(OC)C(C(=O)O)(C(C)C)C(O)(Cc1ccc(F)cc1)c1cnc2ccccc2c1. The summed E-state index contributed by atoms with van der Waals surface area (Å²) in [6, 6.07) is 14.1. The van der Waals surface area contributed by atoms with Crippen molar-refractivity contribution in [1.29, 1.82) is 0 Å². The van der Waals surface area contributed by atoms with E-state index in [0.717, 1.165) is 12.9 Å². The Kier molecular flexibility index (Phi) is 6.89. The number of aromatic nitrogens is 1. The van der Waals surface area contributed by atoms with Crippen molar-refractivity contribution in [1.82, 2.24) is 4.98 Å². The van der Waals surface area contributed by atoms with Gasteiger partial charge in [-0.2, -0.15) is 0 Å². The molecule has 1 heterocycles. The van der Waals surface area contributed by atoms with Gasteiger partial charge in [0.25, 0.3) is 0 Å². The van der Waals surface area contributed by atoms with Crippen LogP contribution in [0.25, 0.3) is 10.9 Å². The van der Waals surface area contributed by atoms with Gasteiger partial charge >= 0.3 is 5.97 Å². The van der Waals surface area contributed by atoms with Crippen LogP contribution in [0, 0.1) is 11.7 Å². The topological polar surface area (TPSA) is 96.7 Å². The van der Waals surface area contributed by atoms with Crippen LogP contribution in [-0.2, 0) is 25.9 Å². The highest BCUT2D eigenvalue weighted by molar-refractivity contribution is 7.65. The molecule has 3 unspecified atom stereocenters. The lowest BCUT2D eigenvalue weighted by atomic mass is 9.71. The number of nitrogens with zero attached hydrogens (tertiary/aromatic N) is 1. The van der Waals surface area contributed by atoms with Gasteiger partial charge in [0, 0.05) is 30.7 Å². The van der Waals surface area contributed by atoms with Gasteiger partial charge in [-0.1, -0.05) is 50.8 Å². The third-order valence-corrected chi connectivity index (χ3v) is 9.32. The lowest BCUT2D eigenvalue weighted by molar-refractivity contribution is -0.153. The zero-order chi connectivity index (χ0) is 24.4. The summed E-state index contributed by atoms with van der Waals surface area (Å²) in [6.07, 6.45) is 1.11. The van der Waals surface area contributed by atoms with Crippen molar-refractivity contribution in [3.8, 4) is 0 Å². The number of pyridine rings is 1. The standard InChI is InChI=1S/C25H27FNO5P/c1-5-33(31,32-4)25(17(2)3,23(28)29)24(30,15-18-10-12-21(26)13-11-18)20-14-19-8-6-7-9-22(19)27-16-20/h5-14,16-17,30H,1,15H2,2-4H3,(H,28,29). The molecule has 0 saturated carbocycles. The number of aliphatic carboxylic acids is 1. The van der Waals surface area contributed by atoms with E-state index in [1.165, 1.54) is 30.5 Å². The largest absolute Gasteiger partial charge is 0.480 e. The van der Waals surface area contributed by atoms with E-state index in [2.05, 4.69) is 11.6 Å². The van der Waals surface area contributed by atoms with Gasteiger partial charge in [-0.05, 0) is 41.6 Å². The lowest BCUT2D eigenvalue weighted by Crippen LogP contribution is -2.61. The number of benzene rings is 2. The van der Waals surface area contributed by atoms with Gasteiger partial charge in [0.2, 0.25) is 7.37 Å². The molecule has 0 amide bonds. The van der Waals surface area contributed by atoms with Crippen molar-refractivity contribution in [2.24, 2.45) is 5.92 Å². The van der Waals surface area contributed by atoms with Gasteiger partial charge in [-0.3, -0.25) is 14.3 Å². The first kappa shape index (κ1) is 24.8. The maximum absolute atomic E-state index is 14.0. The third-order valence-electron chi connectivity index (χ3n) is 6.24. The second-order valence-electron chi connectivity index (χ2n) is 8.27. The van der Waals surface area contributed by atoms with Crippen molar-refractivity contribution in [3.05, 3.63) is 90.1 Å². The number of hydrogen-bond acceptors (Lipinski definition) is 5. The summed E-state index contributed by atoms with van der Waals surface area (Å²) < 4.78 is 32.9. The van der Waals surface area contributed by atoms with E-state index >= 15 is 0 Å². The van der Waals surface area contributed by atoms with Gasteiger partial charge in [0.05, 0.1) is 5.52 Å². The quantitative estimate of drug-likeness (QED) is 0.408. The Morgan fingerprint density at radius 2 is 1.88 bits per heavy atom. The lowest BCUT2D eigenvalue weighted by Gasteiger charge is -2.49. The van der Waals surface area contributed by atoms with Crippen LogP contribution in [0.3, 0.4) is 0 Å². The van der Waals surface area contributed by atoms with Gasteiger partial charge in [-0.15, -0.1) is 0 Å². The van der Waals surface area contributed by atoms with Crippen LogP contribution in [0.5, 0.6) is 0 Å². The Morgan fingerprint density at radius 3 is 2.42 bits per heavy atom. The summed E-state index contributed by atoms with van der Waals surface area (Å²) in [4.78, 5) is 17.4. The summed E-state index contributed by atoms with van der Waals surface area (Å²) in [6.45, 7) is 6.71. The molecule has 0 aliphatic rings. The second kappa shape index (κ2) is 9.18. The van der Waals surface area contributed by atoms with Crippen molar-refractivity contribution in [3.63, 3.8) is 0 Å². The summed E-state index contributed by atoms with van der Waals surface area (Å²) >= 11 is 0. The number of para-hydroxylation sites is 1. The van der Waals surface area contributed by atoms with E-state index in [-0.39, 0.29) is 12.0 Å². The summed E-state index contributed by atoms with van der Waals surface area (Å²) in [5, 5.41) is 21.3. The average Bonchev–Trinajstić information content (AvgIpc) is 2.79. The fraction of sp³-hybridized carbons (Fsp3) is 0.280. The molecule has 0 aliphatic heterocycles. The van der Waals surface area contributed by atoms with Crippen LogP contribution in [-0.4, -0.2) is 33.4 Å². The minimum Gasteiger partial charge on any atom is -0.480 e. The highest BCUT2D eigenvalue weighted by Gasteiger charge is 2.69. The Hall–Kier alpha value is -2.86. The van der Waals surface area contributed by atoms with E-state index in [4.69, 9.17) is 4.52 Å². The van der Waals surface area contributed by atoms with Crippen LogP contribution >= 0.6 is 7.37 Å². The Labute approximate surface area is 192 Å². The molecule has 0 aliphatic carbocycles. The molecule has 3 atom stereocenters. The molecule has 0 spiro atoms. The third kappa shape index (κ3) is 3.90. The maximum atomic E-state index is 14.0. The van der Waals surface area contributed by atoms with E-state index in [1.54, 1.807) is 38.1 Å². The van der Waals surface area contributed by atoms with Crippen LogP contribution < -0.4 is 0 Å². The van der Waals surface area contributed by atoms with Crippen LogP contribution in [0.4, 0.5) is 4.39 Å². The average molecular weight is 471 g/mol. The molecule has 0 fully saturated rings. The molecule has 0 radical (unpaired) electrons. The number of halogens is 1. The summed E-state index contributed by atoms with van der Waals surface area (Å²) in [7, 11) is -3.08. The monoisotopic (exact) mass is 471 g/mol. The molecule has 3 rings (SSSR count). The molecule has 0 saturated heterocycles. The molecule has 8 heteroatoms. The smallest absolute Gasteiger partial charge is 0.323 e. The van der Waals surface area contributed by atoms with Crippen LogP contribution in [0.2, 0.25) is 0 Å². The minimum atomic E-state index is -4.22. The molecule has 1 aromatic heterocycles. The highest BCUT2D eigenvalue weighted by atomic mass is 31.2. The van der Waals surface area contributed by atoms with Gasteiger partial charge in [-0.25, -0.2) is 4.39 Å². The zero-order valence-electron chi connectivity index (χ0n) is 18.7. The van der Waals surface area contributed by atoms with Crippen molar-refractivity contribution in [2.45, 2.75) is 31.0 Å². The molecule has 3 aromatic rings. The van der Waals surface area contributed by atoms with Crippen molar-refractivity contribution >= 4 is 24.2 Å². The van der Waals surface area contributed by atoms with E-state index in [1.807, 2.05) is 6.07 Å². The fourth-order valence-electron chi connectivity index (χ4n) is 4.67. The molecule has 2 N–H and O–H groups in total. The van der Waals surface area contributed by atoms with E-state index < -0.39 is 35.8 Å². The van der Waals surface area contributed by atoms with E-state index in [9.17, 15) is 24.0 Å². The van der Waals surface area contributed by atoms with Gasteiger partial charge < -0.3 is 14.7 Å². The molecule has 6 nitrogen and oxygen atoms in total. The summed E-state index contributed by atoms with van der Waals surface area (Å²) in [5.74, 6) is -1.86. The number of carboxylic acids is 1. The van der Waals surface area contributed by atoms with Crippen LogP contribution in [0.1, 0.15) is 25.0 Å². The number of fused-ring (bicyclic) bond motifs is 1. The first-order chi connectivity index (χ1) is 15.6. The molecule has 174 valence electrons. The predicted octanol–water partition coefficient (Wildman–Crippen LogP) is 5.35. The number of aliphatic hydroxyl groups is 1. The van der Waals surface area contributed by atoms with Crippen molar-refractivity contribution < 1.29 is 28.5 Å². The Bertz CT molecular complexity index is 1230. The highest BCUT2D eigenvalue weighted by Crippen LogP contribution is 2.69. The predicted molar refractivity (Wildman–Crippen MR) is 126 cm³/mol. The van der Waals surface area contributed by atoms with Crippen LogP contribution in [0.15, 0.2) is 73.2 Å². The molecule has 2 aromatic carbocycles. The molecular weight excluding hydrogens is 444 g/mol. The normalized spacial score (nSPS) is 17.2. The van der Waals surface area contributed by atoms with Gasteiger partial charge in [0.15, 0.2) is 5.16 Å². The number of hydrogen-bond donors (Lipinski definition) is 2. The fourth-order valence-corrected chi connectivity index (χ4v) is 7.10. The van der Waals surface area contributed by atoms with E-state index in [0.29, 0.717) is 16.5 Å². The first-order valence-corrected chi connectivity index (χ1v) is 12.1. The molecule has 0 bridgehead atoms. The molecular formula is C25H27FNO5P. The second-order valence-corrected chi connectivity index (χ2v) is 10.9. The number of rotatable bonds is 9. The van der Waals surface area contributed by atoms with Gasteiger partial charge in [0.1, 0.15) is 11.4 Å². The maximum Gasteiger partial charge on any atom is 0.323 e. The Balaban J connectivity index is 2.42. The summed E-state index contributed by atoms with van der Waals surface area (Å²) in [5.41, 5.74) is -1.01. The minimum absolute atomic E-state index is 0.153. The zero-order valence-corrected chi connectivity index (χ0v) is 19.6. The van der Waals surface area contributed by atoms with Crippen molar-refractivity contribution in [2.75, 3.05) is 7.11 Å². The number of carboxylic acid groups (broad SMARTS) is 1. The first-order valence-electron chi connectivity index (χ1n) is 10.4. The molecule has 33 heavy (non-hydrogen) atoms. The number of carbonyl (C=O) groups is 1. The Morgan fingerprint density at radius 1 is 1.24 bits per heavy atom.